The van der Waals surface area contributed by atoms with Gasteiger partial charge in [0.15, 0.2) is 0 Å². The first-order chi connectivity index (χ1) is 15.6. The molecule has 0 aliphatic heterocycles. The minimum atomic E-state index is -4.02. The number of carbonyl (C=O) groups excluding carboxylic acids is 1. The average Bonchev–Trinajstić information content (AvgIpc) is 2.78. The highest BCUT2D eigenvalue weighted by Crippen LogP contribution is 2.30. The molecule has 0 fully saturated rings. The summed E-state index contributed by atoms with van der Waals surface area (Å²) in [6, 6.07) is 18.3. The summed E-state index contributed by atoms with van der Waals surface area (Å²) in [5.74, 6) is -0.635. The van der Waals surface area contributed by atoms with E-state index in [-0.39, 0.29) is 17.0 Å². The summed E-state index contributed by atoms with van der Waals surface area (Å²) in [5.41, 5.74) is 1.18. The number of benzene rings is 3. The topological polar surface area (TPSA) is 110 Å². The van der Waals surface area contributed by atoms with E-state index in [0.29, 0.717) is 11.3 Å². The van der Waals surface area contributed by atoms with Crippen molar-refractivity contribution in [3.05, 3.63) is 97.4 Å². The molecule has 1 N–H and O–H groups in total. The van der Waals surface area contributed by atoms with Crippen LogP contribution in [0.1, 0.15) is 18.0 Å². The van der Waals surface area contributed by atoms with E-state index in [4.69, 9.17) is 0 Å². The maximum absolute atomic E-state index is 13.0. The Labute approximate surface area is 208 Å². The molecule has 0 saturated carbocycles. The van der Waals surface area contributed by atoms with Gasteiger partial charge in [-0.3, -0.25) is 14.9 Å². The Morgan fingerprint density at radius 3 is 2.15 bits per heavy atom. The number of carbonyl (C=O) groups is 1. The molecular formula is C22H19Br2N3O5S. The van der Waals surface area contributed by atoms with Gasteiger partial charge in [-0.05, 0) is 35.9 Å². The number of amides is 1. The lowest BCUT2D eigenvalue weighted by atomic mass is 10.0. The monoisotopic (exact) mass is 595 g/mol. The molecule has 172 valence electrons. The predicted molar refractivity (Wildman–Crippen MR) is 132 cm³/mol. The number of sulfonamides is 1. The second-order valence-electron chi connectivity index (χ2n) is 7.09. The molecule has 3 aromatic carbocycles. The average molecular weight is 597 g/mol. The van der Waals surface area contributed by atoms with E-state index in [2.05, 4.69) is 37.2 Å². The number of nitrogens with zero attached hydrogens (tertiary/aromatic N) is 2. The van der Waals surface area contributed by atoms with Crippen molar-refractivity contribution in [2.24, 2.45) is 0 Å². The summed E-state index contributed by atoms with van der Waals surface area (Å²) in [7, 11) is -2.80. The molecule has 0 saturated heterocycles. The van der Waals surface area contributed by atoms with E-state index in [1.54, 1.807) is 42.5 Å². The van der Waals surface area contributed by atoms with E-state index in [9.17, 15) is 23.3 Å². The highest BCUT2D eigenvalue weighted by Gasteiger charge is 2.28. The Balaban J connectivity index is 1.91. The van der Waals surface area contributed by atoms with E-state index in [0.717, 1.165) is 13.3 Å². The van der Waals surface area contributed by atoms with Gasteiger partial charge in [0.05, 0.1) is 22.3 Å². The molecule has 1 amide bonds. The molecule has 1 atom stereocenters. The third-order valence-electron chi connectivity index (χ3n) is 4.84. The summed E-state index contributed by atoms with van der Waals surface area (Å²) >= 11 is 6.82. The molecule has 0 aliphatic rings. The van der Waals surface area contributed by atoms with Crippen LogP contribution in [0, 0.1) is 10.1 Å². The zero-order valence-corrected chi connectivity index (χ0v) is 21.3. The van der Waals surface area contributed by atoms with Gasteiger partial charge in [0.25, 0.3) is 15.7 Å². The highest BCUT2D eigenvalue weighted by atomic mass is 79.9. The van der Waals surface area contributed by atoms with Gasteiger partial charge < -0.3 is 5.32 Å². The molecule has 0 aliphatic carbocycles. The van der Waals surface area contributed by atoms with Crippen LogP contribution < -0.4 is 5.32 Å². The third-order valence-corrected chi connectivity index (χ3v) is 7.55. The Morgan fingerprint density at radius 2 is 1.61 bits per heavy atom. The van der Waals surface area contributed by atoms with Gasteiger partial charge in [-0.15, -0.1) is 0 Å². The molecule has 0 heterocycles. The van der Waals surface area contributed by atoms with Crippen molar-refractivity contribution in [1.29, 1.82) is 0 Å². The second-order valence-corrected chi connectivity index (χ2v) is 10.9. The van der Waals surface area contributed by atoms with Crippen LogP contribution in [0.25, 0.3) is 0 Å². The smallest absolute Gasteiger partial charge is 0.269 e. The Hall–Kier alpha value is -2.76. The first-order valence-corrected chi connectivity index (χ1v) is 12.6. The zero-order chi connectivity index (χ0) is 24.2. The fourth-order valence-electron chi connectivity index (χ4n) is 3.11. The summed E-state index contributed by atoms with van der Waals surface area (Å²) < 4.78 is 28.0. The summed E-state index contributed by atoms with van der Waals surface area (Å²) in [6.07, 6.45) is -0.204. The fourth-order valence-corrected chi connectivity index (χ4v) is 5.56. The van der Waals surface area contributed by atoms with Crippen LogP contribution >= 0.6 is 31.9 Å². The number of halogens is 2. The van der Waals surface area contributed by atoms with Gasteiger partial charge in [-0.25, -0.2) is 12.7 Å². The lowest BCUT2D eigenvalue weighted by Crippen LogP contribution is -2.35. The minimum Gasteiger partial charge on any atom is -0.378 e. The molecule has 3 rings (SSSR count). The SMILES string of the molecule is CN(C(=O)C[C@H](Nc1cc(Br)cc(Br)c1)c1ccc([N+](=O)[O-])cc1)S(=O)(=O)c1ccccc1. The van der Waals surface area contributed by atoms with Crippen LogP contribution in [0.15, 0.2) is 86.6 Å². The lowest BCUT2D eigenvalue weighted by Gasteiger charge is -2.24. The number of nitro groups is 1. The van der Waals surface area contributed by atoms with Gasteiger partial charge in [0, 0.05) is 33.8 Å². The van der Waals surface area contributed by atoms with Gasteiger partial charge in [0.2, 0.25) is 5.91 Å². The molecule has 0 bridgehead atoms. The molecule has 8 nitrogen and oxygen atoms in total. The Morgan fingerprint density at radius 1 is 1.03 bits per heavy atom. The maximum atomic E-state index is 13.0. The first-order valence-electron chi connectivity index (χ1n) is 9.61. The minimum absolute atomic E-state index is 0.0108. The molecule has 0 unspecified atom stereocenters. The number of anilines is 1. The van der Waals surface area contributed by atoms with Crippen molar-refractivity contribution in [3.63, 3.8) is 0 Å². The Kier molecular flexibility index (Phi) is 7.88. The van der Waals surface area contributed by atoms with Crippen LogP contribution in [0.3, 0.4) is 0 Å². The molecule has 0 spiro atoms. The van der Waals surface area contributed by atoms with Crippen molar-refractivity contribution in [2.75, 3.05) is 12.4 Å². The van der Waals surface area contributed by atoms with Crippen LogP contribution in [0.4, 0.5) is 11.4 Å². The number of hydrogen-bond donors (Lipinski definition) is 1. The van der Waals surface area contributed by atoms with E-state index >= 15 is 0 Å². The van der Waals surface area contributed by atoms with Crippen LogP contribution in [0.5, 0.6) is 0 Å². The van der Waals surface area contributed by atoms with E-state index in [1.165, 1.54) is 31.3 Å². The largest absolute Gasteiger partial charge is 0.378 e. The molecule has 33 heavy (non-hydrogen) atoms. The van der Waals surface area contributed by atoms with Crippen molar-refractivity contribution >= 4 is 59.2 Å². The molecule has 0 aromatic heterocycles. The summed E-state index contributed by atoms with van der Waals surface area (Å²) in [4.78, 5) is 23.5. The lowest BCUT2D eigenvalue weighted by molar-refractivity contribution is -0.384. The summed E-state index contributed by atoms with van der Waals surface area (Å²) in [5, 5.41) is 14.2. The van der Waals surface area contributed by atoms with Crippen molar-refractivity contribution < 1.29 is 18.1 Å². The molecular weight excluding hydrogens is 578 g/mol. The third kappa shape index (κ3) is 6.18. The van der Waals surface area contributed by atoms with Crippen molar-refractivity contribution in [1.82, 2.24) is 4.31 Å². The normalized spacial score (nSPS) is 12.1. The number of hydrogen-bond acceptors (Lipinski definition) is 6. The Bertz CT molecular complexity index is 1250. The fraction of sp³-hybridized carbons (Fsp3) is 0.136. The van der Waals surface area contributed by atoms with Crippen molar-refractivity contribution in [3.8, 4) is 0 Å². The van der Waals surface area contributed by atoms with E-state index < -0.39 is 26.9 Å². The van der Waals surface area contributed by atoms with Crippen LogP contribution in [0.2, 0.25) is 0 Å². The van der Waals surface area contributed by atoms with Gasteiger partial charge in [-0.1, -0.05) is 62.2 Å². The number of non-ortho nitro benzene ring substituents is 1. The zero-order valence-electron chi connectivity index (χ0n) is 17.3. The van der Waals surface area contributed by atoms with Crippen LogP contribution in [-0.4, -0.2) is 30.6 Å². The standard InChI is InChI=1S/C22H19Br2N3O5S/c1-26(33(31,32)20-5-3-2-4-6-20)22(28)14-21(15-7-9-19(10-8-15)27(29)30)25-18-12-16(23)11-17(24)13-18/h2-13,21,25H,14H2,1H3/t21-/m0/s1. The quantitative estimate of drug-likeness (QED) is 0.271. The van der Waals surface area contributed by atoms with E-state index in [1.807, 2.05) is 6.07 Å². The van der Waals surface area contributed by atoms with Crippen LogP contribution in [-0.2, 0) is 14.8 Å². The number of nitrogens with one attached hydrogen (secondary N) is 1. The highest BCUT2D eigenvalue weighted by molar-refractivity contribution is 9.11. The number of nitro benzene ring substituents is 1. The predicted octanol–water partition coefficient (Wildman–Crippen LogP) is 5.51. The maximum Gasteiger partial charge on any atom is 0.269 e. The molecule has 11 heteroatoms. The molecule has 3 aromatic rings. The van der Waals surface area contributed by atoms with Gasteiger partial charge in [-0.2, -0.15) is 0 Å². The molecule has 0 radical (unpaired) electrons. The van der Waals surface area contributed by atoms with Crippen molar-refractivity contribution in [2.45, 2.75) is 17.4 Å². The number of rotatable bonds is 8. The van der Waals surface area contributed by atoms with Gasteiger partial charge >= 0.3 is 0 Å². The second kappa shape index (κ2) is 10.4. The van der Waals surface area contributed by atoms with Gasteiger partial charge in [0.1, 0.15) is 0 Å². The summed E-state index contributed by atoms with van der Waals surface area (Å²) in [6.45, 7) is 0. The first kappa shape index (κ1) is 24.9.